The van der Waals surface area contributed by atoms with Gasteiger partial charge in [-0.15, -0.1) is 0 Å². The van der Waals surface area contributed by atoms with Gasteiger partial charge in [-0.05, 0) is 49.2 Å². The first-order valence-electron chi connectivity index (χ1n) is 5.84. The highest BCUT2D eigenvalue weighted by Gasteiger charge is 2.07. The summed E-state index contributed by atoms with van der Waals surface area (Å²) in [5, 5.41) is 0. The summed E-state index contributed by atoms with van der Waals surface area (Å²) in [5.41, 5.74) is 9.11. The first-order valence-corrected chi connectivity index (χ1v) is 6.63. The summed E-state index contributed by atoms with van der Waals surface area (Å²) >= 11 is 3.44. The third-order valence-corrected chi connectivity index (χ3v) is 3.51. The van der Waals surface area contributed by atoms with Gasteiger partial charge in [0.05, 0.1) is 0 Å². The Balaban J connectivity index is 2.37. The smallest absolute Gasteiger partial charge is 0.132 e. The quantitative estimate of drug-likeness (QED) is 0.916. The molecule has 0 aromatic heterocycles. The van der Waals surface area contributed by atoms with Crippen molar-refractivity contribution in [1.29, 1.82) is 0 Å². The molecule has 0 aliphatic rings. The Morgan fingerprint density at radius 3 is 2.61 bits per heavy atom. The van der Waals surface area contributed by atoms with Gasteiger partial charge >= 0.3 is 0 Å². The molecule has 0 saturated heterocycles. The van der Waals surface area contributed by atoms with Gasteiger partial charge in [-0.3, -0.25) is 0 Å². The maximum absolute atomic E-state index is 5.97. The Labute approximate surface area is 116 Å². The zero-order valence-electron chi connectivity index (χ0n) is 10.5. The molecule has 2 nitrogen and oxygen atoms in total. The Hall–Kier alpha value is -1.32. The van der Waals surface area contributed by atoms with E-state index in [2.05, 4.69) is 35.8 Å². The van der Waals surface area contributed by atoms with Gasteiger partial charge in [-0.2, -0.15) is 0 Å². The number of hydrogen-bond acceptors (Lipinski definition) is 2. The van der Waals surface area contributed by atoms with Crippen molar-refractivity contribution in [2.24, 2.45) is 5.73 Å². The lowest BCUT2D eigenvalue weighted by Gasteiger charge is -2.13. The summed E-state index contributed by atoms with van der Waals surface area (Å²) in [5.74, 6) is 1.70. The van der Waals surface area contributed by atoms with E-state index in [1.807, 2.05) is 30.3 Å². The lowest BCUT2D eigenvalue weighted by molar-refractivity contribution is 0.472. The molecule has 2 N–H and O–H groups in total. The normalized spacial score (nSPS) is 10.4. The first-order chi connectivity index (χ1) is 8.61. The Kier molecular flexibility index (Phi) is 4.04. The van der Waals surface area contributed by atoms with Gasteiger partial charge in [0.1, 0.15) is 11.5 Å². The number of rotatable bonds is 3. The van der Waals surface area contributed by atoms with Crippen molar-refractivity contribution in [3.8, 4) is 11.5 Å². The molecule has 2 aromatic rings. The van der Waals surface area contributed by atoms with Crippen LogP contribution >= 0.6 is 15.9 Å². The molecule has 0 heterocycles. The minimum atomic E-state index is 0.458. The van der Waals surface area contributed by atoms with Crippen LogP contribution in [0.25, 0.3) is 0 Å². The van der Waals surface area contributed by atoms with Crippen molar-refractivity contribution in [3.05, 3.63) is 57.6 Å². The van der Waals surface area contributed by atoms with Crippen LogP contribution in [-0.2, 0) is 6.54 Å². The molecule has 0 amide bonds. The van der Waals surface area contributed by atoms with Crippen molar-refractivity contribution in [2.45, 2.75) is 20.4 Å². The van der Waals surface area contributed by atoms with E-state index in [0.717, 1.165) is 27.1 Å². The number of ether oxygens (including phenoxy) is 1. The third kappa shape index (κ3) is 2.74. The highest BCUT2D eigenvalue weighted by molar-refractivity contribution is 9.10. The second kappa shape index (κ2) is 5.55. The third-order valence-electron chi connectivity index (χ3n) is 3.02. The van der Waals surface area contributed by atoms with Crippen LogP contribution in [0, 0.1) is 13.8 Å². The van der Waals surface area contributed by atoms with Crippen molar-refractivity contribution < 1.29 is 4.74 Å². The zero-order valence-corrected chi connectivity index (χ0v) is 12.1. The molecule has 3 heteroatoms. The van der Waals surface area contributed by atoms with E-state index in [9.17, 15) is 0 Å². The van der Waals surface area contributed by atoms with E-state index in [1.54, 1.807) is 0 Å². The predicted molar refractivity (Wildman–Crippen MR) is 78.0 cm³/mol. The average Bonchev–Trinajstić information content (AvgIpc) is 2.37. The molecule has 0 unspecified atom stereocenters. The van der Waals surface area contributed by atoms with Crippen LogP contribution in [0.1, 0.15) is 16.7 Å². The van der Waals surface area contributed by atoms with Gasteiger partial charge in [-0.25, -0.2) is 0 Å². The molecule has 94 valence electrons. The Bertz CT molecular complexity index is 566. The van der Waals surface area contributed by atoms with Gasteiger partial charge < -0.3 is 10.5 Å². The summed E-state index contributed by atoms with van der Waals surface area (Å²) in [6.45, 7) is 4.60. The topological polar surface area (TPSA) is 35.2 Å². The highest BCUT2D eigenvalue weighted by atomic mass is 79.9. The Morgan fingerprint density at radius 1 is 1.11 bits per heavy atom. The minimum absolute atomic E-state index is 0.458. The molecule has 2 rings (SSSR count). The van der Waals surface area contributed by atoms with Crippen LogP contribution < -0.4 is 10.5 Å². The monoisotopic (exact) mass is 305 g/mol. The van der Waals surface area contributed by atoms with Crippen molar-refractivity contribution in [1.82, 2.24) is 0 Å². The van der Waals surface area contributed by atoms with Gasteiger partial charge in [-0.1, -0.05) is 28.1 Å². The van der Waals surface area contributed by atoms with Crippen molar-refractivity contribution >= 4 is 15.9 Å². The van der Waals surface area contributed by atoms with Crippen LogP contribution in [0.4, 0.5) is 0 Å². The molecule has 0 atom stereocenters. The Morgan fingerprint density at radius 2 is 1.89 bits per heavy atom. The molecule has 0 radical (unpaired) electrons. The van der Waals surface area contributed by atoms with Crippen LogP contribution in [0.2, 0.25) is 0 Å². The van der Waals surface area contributed by atoms with Gasteiger partial charge in [0.2, 0.25) is 0 Å². The molecule has 0 saturated carbocycles. The van der Waals surface area contributed by atoms with E-state index in [-0.39, 0.29) is 0 Å². The van der Waals surface area contributed by atoms with E-state index in [0.29, 0.717) is 6.54 Å². The number of hydrogen-bond donors (Lipinski definition) is 1. The minimum Gasteiger partial charge on any atom is -0.457 e. The molecule has 0 aliphatic carbocycles. The zero-order chi connectivity index (χ0) is 13.1. The largest absolute Gasteiger partial charge is 0.457 e. The molecule has 0 fully saturated rings. The maximum atomic E-state index is 5.97. The molecule has 0 bridgehead atoms. The fourth-order valence-electron chi connectivity index (χ4n) is 1.76. The number of nitrogens with two attached hydrogens (primary N) is 1. The summed E-state index contributed by atoms with van der Waals surface area (Å²) in [6, 6.07) is 11.9. The first kappa shape index (κ1) is 13.1. The van der Waals surface area contributed by atoms with E-state index >= 15 is 0 Å². The van der Waals surface area contributed by atoms with Crippen LogP contribution in [-0.4, -0.2) is 0 Å². The fourth-order valence-corrected chi connectivity index (χ4v) is 2.17. The van der Waals surface area contributed by atoms with Crippen LogP contribution in [0.3, 0.4) is 0 Å². The van der Waals surface area contributed by atoms with Gasteiger partial charge in [0.25, 0.3) is 0 Å². The second-order valence-electron chi connectivity index (χ2n) is 4.26. The van der Waals surface area contributed by atoms with Crippen LogP contribution in [0.15, 0.2) is 40.9 Å². The lowest BCUT2D eigenvalue weighted by atomic mass is 10.1. The maximum Gasteiger partial charge on any atom is 0.132 e. The standard InChI is InChI=1S/C15H16BrNO/c1-10-4-3-5-14(11(10)2)18-15-7-6-13(16)8-12(15)9-17/h3-8H,9,17H2,1-2H3. The lowest BCUT2D eigenvalue weighted by Crippen LogP contribution is -2.00. The molecule has 0 spiro atoms. The molecule has 0 aliphatic heterocycles. The summed E-state index contributed by atoms with van der Waals surface area (Å²) in [4.78, 5) is 0. The fraction of sp³-hybridized carbons (Fsp3) is 0.200. The van der Waals surface area contributed by atoms with E-state index in [4.69, 9.17) is 10.5 Å². The second-order valence-corrected chi connectivity index (χ2v) is 5.17. The molecular formula is C15H16BrNO. The molecule has 2 aromatic carbocycles. The molecule has 18 heavy (non-hydrogen) atoms. The summed E-state index contributed by atoms with van der Waals surface area (Å²) < 4.78 is 6.98. The van der Waals surface area contributed by atoms with E-state index in [1.165, 1.54) is 5.56 Å². The van der Waals surface area contributed by atoms with E-state index < -0.39 is 0 Å². The summed E-state index contributed by atoms with van der Waals surface area (Å²) in [6.07, 6.45) is 0. The SMILES string of the molecule is Cc1cccc(Oc2ccc(Br)cc2CN)c1C. The number of halogens is 1. The van der Waals surface area contributed by atoms with Gasteiger partial charge in [0.15, 0.2) is 0 Å². The highest BCUT2D eigenvalue weighted by Crippen LogP contribution is 2.30. The predicted octanol–water partition coefficient (Wildman–Crippen LogP) is 4.32. The summed E-state index contributed by atoms with van der Waals surface area (Å²) in [7, 11) is 0. The molecular weight excluding hydrogens is 290 g/mol. The average molecular weight is 306 g/mol. The van der Waals surface area contributed by atoms with Gasteiger partial charge in [0, 0.05) is 16.6 Å². The number of benzene rings is 2. The number of aryl methyl sites for hydroxylation is 1. The van der Waals surface area contributed by atoms with Crippen LogP contribution in [0.5, 0.6) is 11.5 Å². The van der Waals surface area contributed by atoms with Crippen molar-refractivity contribution in [2.75, 3.05) is 0 Å². The van der Waals surface area contributed by atoms with Crippen molar-refractivity contribution in [3.63, 3.8) is 0 Å².